The van der Waals surface area contributed by atoms with Gasteiger partial charge in [-0.25, -0.2) is 22.6 Å². The van der Waals surface area contributed by atoms with Crippen molar-refractivity contribution in [1.82, 2.24) is 9.96 Å². The summed E-state index contributed by atoms with van der Waals surface area (Å²) < 4.78 is 56.8. The van der Waals surface area contributed by atoms with Crippen LogP contribution in [0.3, 0.4) is 0 Å². The van der Waals surface area contributed by atoms with Gasteiger partial charge in [-0.05, 0) is 16.5 Å². The van der Waals surface area contributed by atoms with Crippen molar-refractivity contribution in [1.29, 1.82) is 0 Å². The Morgan fingerprint density at radius 2 is 1.14 bits per heavy atom. The Hall–Kier alpha value is -4.05. The molecule has 0 fully saturated rings. The fourth-order valence-electron chi connectivity index (χ4n) is 4.47. The van der Waals surface area contributed by atoms with E-state index in [4.69, 9.17) is 0 Å². The fraction of sp³-hybridized carbons (Fsp3) is 0.222. The SMILES string of the molecule is CC(C)(C)[C@@H](C(=O)N(O)C(c1ccccc1)c1ccccc1)N1C(=O)c2c(F)c(F)c(F)c(F)c2C1=O. The molecule has 0 spiro atoms. The third-order valence-corrected chi connectivity index (χ3v) is 6.15. The number of rotatable bonds is 5. The standard InChI is InChI=1S/C27H22F4N2O4/c1-27(2,3)23(32-24(34)16-17(25(32)35)19(29)21(31)20(30)18(16)28)26(36)33(37)22(14-10-6-4-7-11-14)15-12-8-5-9-13-15/h4-13,22-23,37H,1-3H3/t23-/m1/s1. The lowest BCUT2D eigenvalue weighted by atomic mass is 9.84. The van der Waals surface area contributed by atoms with Crippen molar-refractivity contribution in [2.75, 3.05) is 0 Å². The summed E-state index contributed by atoms with van der Waals surface area (Å²) in [5.74, 6) is -12.8. The van der Waals surface area contributed by atoms with Crippen LogP contribution in [0.1, 0.15) is 58.7 Å². The second kappa shape index (κ2) is 9.44. The van der Waals surface area contributed by atoms with Gasteiger partial charge < -0.3 is 0 Å². The number of carbonyl (C=O) groups excluding carboxylic acids is 3. The minimum atomic E-state index is -2.25. The molecule has 0 saturated heterocycles. The van der Waals surface area contributed by atoms with Gasteiger partial charge in [-0.2, -0.15) is 0 Å². The van der Waals surface area contributed by atoms with Crippen LogP contribution in [0.2, 0.25) is 0 Å². The number of hydroxylamine groups is 2. The predicted octanol–water partition coefficient (Wildman–Crippen LogP) is 5.26. The van der Waals surface area contributed by atoms with Gasteiger partial charge in [0.1, 0.15) is 12.1 Å². The van der Waals surface area contributed by atoms with E-state index in [1.807, 2.05) is 0 Å². The Balaban J connectivity index is 1.83. The van der Waals surface area contributed by atoms with Crippen molar-refractivity contribution >= 4 is 17.7 Å². The molecular formula is C27H22F4N2O4. The first-order chi connectivity index (χ1) is 17.4. The highest BCUT2D eigenvalue weighted by atomic mass is 19.2. The number of fused-ring (bicyclic) bond motifs is 1. The topological polar surface area (TPSA) is 77.9 Å². The maximum atomic E-state index is 14.5. The molecule has 1 aliphatic heterocycles. The van der Waals surface area contributed by atoms with Crippen LogP contribution in [0, 0.1) is 28.7 Å². The zero-order valence-electron chi connectivity index (χ0n) is 20.0. The van der Waals surface area contributed by atoms with Crippen LogP contribution >= 0.6 is 0 Å². The molecule has 0 aromatic heterocycles. The van der Waals surface area contributed by atoms with Crippen molar-refractivity contribution in [2.45, 2.75) is 32.9 Å². The van der Waals surface area contributed by atoms with Gasteiger partial charge >= 0.3 is 0 Å². The van der Waals surface area contributed by atoms with Crippen molar-refractivity contribution in [3.63, 3.8) is 0 Å². The van der Waals surface area contributed by atoms with Crippen molar-refractivity contribution < 1.29 is 37.2 Å². The lowest BCUT2D eigenvalue weighted by molar-refractivity contribution is -0.181. The molecule has 0 unspecified atom stereocenters. The van der Waals surface area contributed by atoms with Crippen LogP contribution in [0.15, 0.2) is 60.7 Å². The Morgan fingerprint density at radius 3 is 1.49 bits per heavy atom. The third kappa shape index (κ3) is 4.27. The van der Waals surface area contributed by atoms with Crippen LogP contribution < -0.4 is 0 Å². The molecule has 3 amide bonds. The molecule has 37 heavy (non-hydrogen) atoms. The quantitative estimate of drug-likeness (QED) is 0.126. The molecular weight excluding hydrogens is 492 g/mol. The molecule has 0 bridgehead atoms. The number of imide groups is 1. The van der Waals surface area contributed by atoms with E-state index in [-0.39, 0.29) is 4.90 Å². The number of amides is 3. The normalized spacial score (nSPS) is 14.2. The van der Waals surface area contributed by atoms with Crippen LogP contribution in [-0.4, -0.2) is 38.9 Å². The lowest BCUT2D eigenvalue weighted by Gasteiger charge is -2.39. The Morgan fingerprint density at radius 1 is 0.757 bits per heavy atom. The summed E-state index contributed by atoms with van der Waals surface area (Å²) in [5, 5.41) is 11.6. The highest BCUT2D eigenvalue weighted by Crippen LogP contribution is 2.38. The van der Waals surface area contributed by atoms with Gasteiger partial charge in [0, 0.05) is 0 Å². The number of halogens is 4. The molecule has 3 aromatic rings. The third-order valence-electron chi connectivity index (χ3n) is 6.15. The first-order valence-electron chi connectivity index (χ1n) is 11.2. The molecule has 0 saturated carbocycles. The van der Waals surface area contributed by atoms with Gasteiger partial charge in [0.2, 0.25) is 0 Å². The van der Waals surface area contributed by atoms with E-state index in [9.17, 15) is 37.2 Å². The zero-order chi connectivity index (χ0) is 27.2. The van der Waals surface area contributed by atoms with Crippen molar-refractivity contribution in [3.05, 3.63) is 106 Å². The number of carbonyl (C=O) groups is 3. The average Bonchev–Trinajstić information content (AvgIpc) is 3.12. The Labute approximate surface area is 209 Å². The Kier molecular flexibility index (Phi) is 6.64. The second-order valence-corrected chi connectivity index (χ2v) is 9.66. The monoisotopic (exact) mass is 514 g/mol. The molecule has 0 radical (unpaired) electrons. The fourth-order valence-corrected chi connectivity index (χ4v) is 4.47. The molecule has 1 heterocycles. The van der Waals surface area contributed by atoms with Gasteiger partial charge in [0.15, 0.2) is 23.3 Å². The summed E-state index contributed by atoms with van der Waals surface area (Å²) in [4.78, 5) is 40.3. The summed E-state index contributed by atoms with van der Waals surface area (Å²) in [5.41, 5.74) is -2.93. The largest absolute Gasteiger partial charge is 0.285 e. The van der Waals surface area contributed by atoms with Crippen LogP contribution in [0.25, 0.3) is 0 Å². The first-order valence-corrected chi connectivity index (χ1v) is 11.2. The van der Waals surface area contributed by atoms with Gasteiger partial charge in [-0.15, -0.1) is 0 Å². The van der Waals surface area contributed by atoms with Gasteiger partial charge in [0.25, 0.3) is 17.7 Å². The molecule has 1 atom stereocenters. The number of hydrogen-bond acceptors (Lipinski definition) is 4. The molecule has 4 rings (SSSR count). The summed E-state index contributed by atoms with van der Waals surface area (Å²) in [6.07, 6.45) is 0. The minimum Gasteiger partial charge on any atom is -0.285 e. The molecule has 3 aromatic carbocycles. The summed E-state index contributed by atoms with van der Waals surface area (Å²) >= 11 is 0. The smallest absolute Gasteiger partial charge is 0.270 e. The summed E-state index contributed by atoms with van der Waals surface area (Å²) in [6.45, 7) is 4.38. The zero-order valence-corrected chi connectivity index (χ0v) is 20.0. The number of hydrogen-bond donors (Lipinski definition) is 1. The lowest BCUT2D eigenvalue weighted by Crippen LogP contribution is -2.56. The van der Waals surface area contributed by atoms with Gasteiger partial charge in [-0.3, -0.25) is 24.5 Å². The minimum absolute atomic E-state index is 0.244. The van der Waals surface area contributed by atoms with E-state index in [0.717, 1.165) is 0 Å². The highest BCUT2D eigenvalue weighted by Gasteiger charge is 2.53. The van der Waals surface area contributed by atoms with Gasteiger partial charge in [0.05, 0.1) is 11.1 Å². The van der Waals surface area contributed by atoms with Crippen LogP contribution in [0.4, 0.5) is 17.6 Å². The predicted molar refractivity (Wildman–Crippen MR) is 123 cm³/mol. The summed E-state index contributed by atoms with van der Waals surface area (Å²) in [6, 6.07) is 13.9. The molecule has 0 aliphatic carbocycles. The van der Waals surface area contributed by atoms with E-state index in [1.54, 1.807) is 60.7 Å². The average molecular weight is 514 g/mol. The Bertz CT molecular complexity index is 1300. The van der Waals surface area contributed by atoms with E-state index in [1.165, 1.54) is 20.8 Å². The van der Waals surface area contributed by atoms with Crippen LogP contribution in [0.5, 0.6) is 0 Å². The highest BCUT2D eigenvalue weighted by molar-refractivity contribution is 6.23. The maximum absolute atomic E-state index is 14.5. The molecule has 10 heteroatoms. The van der Waals surface area contributed by atoms with E-state index in [0.29, 0.717) is 16.2 Å². The number of benzene rings is 3. The van der Waals surface area contributed by atoms with E-state index < -0.39 is 69.6 Å². The second-order valence-electron chi connectivity index (χ2n) is 9.66. The number of nitrogens with zero attached hydrogens (tertiary/aromatic N) is 2. The molecule has 1 aliphatic rings. The maximum Gasteiger partial charge on any atom is 0.270 e. The van der Waals surface area contributed by atoms with Crippen molar-refractivity contribution in [3.8, 4) is 0 Å². The van der Waals surface area contributed by atoms with Crippen LogP contribution in [-0.2, 0) is 4.79 Å². The van der Waals surface area contributed by atoms with E-state index in [2.05, 4.69) is 0 Å². The first kappa shape index (κ1) is 26.0. The molecule has 192 valence electrons. The molecule has 6 nitrogen and oxygen atoms in total. The van der Waals surface area contributed by atoms with Crippen molar-refractivity contribution in [2.24, 2.45) is 5.41 Å². The summed E-state index contributed by atoms with van der Waals surface area (Å²) in [7, 11) is 0. The van der Waals surface area contributed by atoms with Gasteiger partial charge in [-0.1, -0.05) is 81.4 Å². The van der Waals surface area contributed by atoms with E-state index >= 15 is 0 Å². The molecule has 1 N–H and O–H groups in total.